The summed E-state index contributed by atoms with van der Waals surface area (Å²) in [6, 6.07) is 3.47. The molecule has 0 bridgehead atoms. The first-order valence-electron chi connectivity index (χ1n) is 7.46. The van der Waals surface area contributed by atoms with Crippen molar-refractivity contribution in [1.82, 2.24) is 9.80 Å². The summed E-state index contributed by atoms with van der Waals surface area (Å²) in [5, 5.41) is 0. The van der Waals surface area contributed by atoms with E-state index in [9.17, 15) is 4.79 Å². The Morgan fingerprint density at radius 2 is 1.85 bits per heavy atom. The first kappa shape index (κ1) is 16.7. The molecule has 5 nitrogen and oxygen atoms in total. The maximum Gasteiger partial charge on any atom is 0.289 e. The fourth-order valence-electron chi connectivity index (χ4n) is 2.19. The van der Waals surface area contributed by atoms with Gasteiger partial charge in [0.25, 0.3) is 5.91 Å². The molecule has 0 saturated carbocycles. The van der Waals surface area contributed by atoms with E-state index in [-0.39, 0.29) is 5.91 Å². The van der Waals surface area contributed by atoms with Crippen LogP contribution in [0.5, 0.6) is 0 Å². The molecular weight excluding hydrogens is 254 g/mol. The molecule has 0 aliphatic heterocycles. The molecule has 1 amide bonds. The number of furan rings is 1. The summed E-state index contributed by atoms with van der Waals surface area (Å²) in [6.45, 7) is 11.2. The van der Waals surface area contributed by atoms with E-state index >= 15 is 0 Å². The number of nitrogens with zero attached hydrogens (tertiary/aromatic N) is 2. The maximum absolute atomic E-state index is 12.3. The second kappa shape index (κ2) is 8.76. The van der Waals surface area contributed by atoms with Crippen LogP contribution >= 0.6 is 0 Å². The van der Waals surface area contributed by atoms with Gasteiger partial charge >= 0.3 is 0 Å². The predicted molar refractivity (Wildman–Crippen MR) is 80.6 cm³/mol. The molecule has 1 heterocycles. The minimum absolute atomic E-state index is 0.0493. The molecule has 1 rings (SSSR count). The smallest absolute Gasteiger partial charge is 0.289 e. The first-order valence-corrected chi connectivity index (χ1v) is 7.46. The molecule has 20 heavy (non-hydrogen) atoms. The third-order valence-corrected chi connectivity index (χ3v) is 3.54. The Hall–Kier alpha value is -1.33. The Labute approximate surface area is 121 Å². The number of rotatable bonds is 9. The quantitative estimate of drug-likeness (QED) is 0.751. The topological polar surface area (TPSA) is 62.7 Å². The van der Waals surface area contributed by atoms with Crippen LogP contribution in [0, 0.1) is 0 Å². The average molecular weight is 281 g/mol. The van der Waals surface area contributed by atoms with Gasteiger partial charge in [0.05, 0.1) is 6.54 Å². The molecule has 0 radical (unpaired) electrons. The lowest BCUT2D eigenvalue weighted by atomic mass is 10.3. The molecular formula is C15H27N3O2. The van der Waals surface area contributed by atoms with Gasteiger partial charge in [0.15, 0.2) is 5.76 Å². The number of amides is 1. The Balaban J connectivity index is 2.50. The molecule has 0 aromatic carbocycles. The average Bonchev–Trinajstić information content (AvgIpc) is 2.96. The van der Waals surface area contributed by atoms with Gasteiger partial charge in [0.2, 0.25) is 0 Å². The Kier molecular flexibility index (Phi) is 7.33. The van der Waals surface area contributed by atoms with E-state index in [4.69, 9.17) is 10.2 Å². The maximum atomic E-state index is 12.3. The summed E-state index contributed by atoms with van der Waals surface area (Å²) in [6.07, 6.45) is 0.978. The van der Waals surface area contributed by atoms with Crippen LogP contribution in [-0.2, 0) is 6.54 Å². The largest absolute Gasteiger partial charge is 0.455 e. The summed E-state index contributed by atoms with van der Waals surface area (Å²) in [7, 11) is 0. The van der Waals surface area contributed by atoms with Crippen molar-refractivity contribution in [1.29, 1.82) is 0 Å². The van der Waals surface area contributed by atoms with Crippen molar-refractivity contribution in [2.75, 3.05) is 32.7 Å². The van der Waals surface area contributed by atoms with Crippen LogP contribution in [0.1, 0.15) is 43.5 Å². The van der Waals surface area contributed by atoms with Crippen LogP contribution in [0.25, 0.3) is 0 Å². The highest BCUT2D eigenvalue weighted by atomic mass is 16.4. The van der Waals surface area contributed by atoms with Gasteiger partial charge in [-0.2, -0.15) is 0 Å². The normalized spacial score (nSPS) is 11.1. The van der Waals surface area contributed by atoms with Gasteiger partial charge in [-0.15, -0.1) is 0 Å². The third-order valence-electron chi connectivity index (χ3n) is 3.54. The van der Waals surface area contributed by atoms with Crippen molar-refractivity contribution >= 4 is 5.91 Å². The highest BCUT2D eigenvalue weighted by molar-refractivity contribution is 5.91. The van der Waals surface area contributed by atoms with Gasteiger partial charge in [-0.05, 0) is 45.1 Å². The Morgan fingerprint density at radius 1 is 1.15 bits per heavy atom. The van der Waals surface area contributed by atoms with Crippen LogP contribution < -0.4 is 5.73 Å². The van der Waals surface area contributed by atoms with Crippen molar-refractivity contribution in [3.05, 3.63) is 23.7 Å². The van der Waals surface area contributed by atoms with Crippen LogP contribution in [0.2, 0.25) is 0 Å². The molecule has 5 heteroatoms. The predicted octanol–water partition coefficient (Wildman–Crippen LogP) is 1.93. The van der Waals surface area contributed by atoms with Gasteiger partial charge < -0.3 is 20.0 Å². The zero-order valence-corrected chi connectivity index (χ0v) is 12.9. The Morgan fingerprint density at radius 3 is 2.35 bits per heavy atom. The van der Waals surface area contributed by atoms with Crippen LogP contribution in [-0.4, -0.2) is 48.4 Å². The highest BCUT2D eigenvalue weighted by Crippen LogP contribution is 2.10. The molecule has 1 aromatic heterocycles. The summed E-state index contributed by atoms with van der Waals surface area (Å²) in [5.74, 6) is 0.981. The van der Waals surface area contributed by atoms with E-state index in [0.717, 1.165) is 32.6 Å². The minimum atomic E-state index is -0.0493. The standard InChI is InChI=1S/C15H27N3O2/c1-4-17(5-2)10-7-11-18(6-3)15(19)14-9-8-13(12-16)20-14/h8-9H,4-7,10-12,16H2,1-3H3. The number of hydrogen-bond acceptors (Lipinski definition) is 4. The number of carbonyl (C=O) groups excluding carboxylic acids is 1. The van der Waals surface area contributed by atoms with Gasteiger partial charge in [-0.3, -0.25) is 4.79 Å². The molecule has 114 valence electrons. The fourth-order valence-corrected chi connectivity index (χ4v) is 2.19. The fraction of sp³-hybridized carbons (Fsp3) is 0.667. The molecule has 0 spiro atoms. The minimum Gasteiger partial charge on any atom is -0.455 e. The monoisotopic (exact) mass is 281 g/mol. The SMILES string of the molecule is CCN(CC)CCCN(CC)C(=O)c1ccc(CN)o1. The van der Waals surface area contributed by atoms with E-state index < -0.39 is 0 Å². The molecule has 0 fully saturated rings. The van der Waals surface area contributed by atoms with Crippen LogP contribution in [0.4, 0.5) is 0 Å². The van der Waals surface area contributed by atoms with Crippen molar-refractivity contribution in [2.24, 2.45) is 5.73 Å². The second-order valence-electron chi connectivity index (χ2n) is 4.74. The first-order chi connectivity index (χ1) is 9.65. The second-order valence-corrected chi connectivity index (χ2v) is 4.74. The summed E-state index contributed by atoms with van der Waals surface area (Å²) in [5.41, 5.74) is 5.49. The lowest BCUT2D eigenvalue weighted by Gasteiger charge is -2.22. The van der Waals surface area contributed by atoms with Crippen LogP contribution in [0.15, 0.2) is 16.5 Å². The highest BCUT2D eigenvalue weighted by Gasteiger charge is 2.17. The Bertz CT molecular complexity index is 400. The molecule has 2 N–H and O–H groups in total. The molecule has 0 atom stereocenters. The number of nitrogens with two attached hydrogens (primary N) is 1. The van der Waals surface area contributed by atoms with Crippen molar-refractivity contribution in [3.63, 3.8) is 0 Å². The molecule has 0 aliphatic rings. The summed E-state index contributed by atoms with van der Waals surface area (Å²) < 4.78 is 5.42. The number of hydrogen-bond donors (Lipinski definition) is 1. The summed E-state index contributed by atoms with van der Waals surface area (Å²) in [4.78, 5) is 16.5. The molecule has 0 unspecified atom stereocenters. The molecule has 1 aromatic rings. The zero-order valence-electron chi connectivity index (χ0n) is 12.9. The third kappa shape index (κ3) is 4.65. The van der Waals surface area contributed by atoms with E-state index in [1.54, 1.807) is 12.1 Å². The summed E-state index contributed by atoms with van der Waals surface area (Å²) >= 11 is 0. The van der Waals surface area contributed by atoms with Crippen molar-refractivity contribution in [3.8, 4) is 0 Å². The zero-order chi connectivity index (χ0) is 15.0. The van der Waals surface area contributed by atoms with Gasteiger partial charge in [0, 0.05) is 13.1 Å². The van der Waals surface area contributed by atoms with Gasteiger partial charge in [-0.25, -0.2) is 0 Å². The van der Waals surface area contributed by atoms with Gasteiger partial charge in [-0.1, -0.05) is 13.8 Å². The van der Waals surface area contributed by atoms with E-state index in [0.29, 0.717) is 24.6 Å². The van der Waals surface area contributed by atoms with Gasteiger partial charge in [0.1, 0.15) is 5.76 Å². The lowest BCUT2D eigenvalue weighted by Crippen LogP contribution is -2.34. The number of carbonyl (C=O) groups is 1. The van der Waals surface area contributed by atoms with E-state index in [1.165, 1.54) is 0 Å². The van der Waals surface area contributed by atoms with Crippen molar-refractivity contribution in [2.45, 2.75) is 33.7 Å². The lowest BCUT2D eigenvalue weighted by molar-refractivity contribution is 0.0723. The van der Waals surface area contributed by atoms with E-state index in [1.807, 2.05) is 11.8 Å². The van der Waals surface area contributed by atoms with E-state index in [2.05, 4.69) is 18.7 Å². The molecule has 0 aliphatic carbocycles. The van der Waals surface area contributed by atoms with Crippen LogP contribution in [0.3, 0.4) is 0 Å². The molecule has 0 saturated heterocycles. The van der Waals surface area contributed by atoms with Crippen molar-refractivity contribution < 1.29 is 9.21 Å².